The quantitative estimate of drug-likeness (QED) is 0.375. The van der Waals surface area contributed by atoms with Crippen LogP contribution >= 0.6 is 0 Å². The number of hydrogen-bond acceptors (Lipinski definition) is 5. The molecule has 2 aromatic carbocycles. The highest BCUT2D eigenvalue weighted by Gasteiger charge is 2.48. The minimum absolute atomic E-state index is 0.142. The van der Waals surface area contributed by atoms with Crippen LogP contribution in [-0.4, -0.2) is 65.0 Å². The van der Waals surface area contributed by atoms with E-state index in [0.717, 1.165) is 38.2 Å². The van der Waals surface area contributed by atoms with E-state index < -0.39 is 9.84 Å². The summed E-state index contributed by atoms with van der Waals surface area (Å²) < 4.78 is 30.7. The molecule has 2 saturated carbocycles. The van der Waals surface area contributed by atoms with Gasteiger partial charge in [0.2, 0.25) is 0 Å². The maximum Gasteiger partial charge on any atom is 0.181 e. The number of methoxy groups -OCH3 is 1. The van der Waals surface area contributed by atoms with E-state index in [1.54, 1.807) is 0 Å². The molecule has 2 saturated heterocycles. The number of rotatable bonds is 10. The molecule has 4 aliphatic rings. The standard InChI is InChI=1S/C33H46N2O3S/c1-33(27-8-4-3-5-9-27,32-10-6-7-26(32)24-38-2)28-17-19-34(20-18-28)21-25-22-35(23-25)29-11-13-30(14-12-29)39(36,37)31-15-16-31/h3-5,8-9,11-14,25-26,28,31-32H,6-7,10,15-24H2,1-2H3/t26-,32+,33?/m0/s1. The minimum Gasteiger partial charge on any atom is -0.384 e. The lowest BCUT2D eigenvalue weighted by Gasteiger charge is -2.50. The molecule has 0 spiro atoms. The maximum absolute atomic E-state index is 12.5. The molecule has 5 nitrogen and oxygen atoms in total. The molecule has 2 aliphatic carbocycles. The van der Waals surface area contributed by atoms with Gasteiger partial charge in [-0.1, -0.05) is 43.7 Å². The summed E-state index contributed by atoms with van der Waals surface area (Å²) in [4.78, 5) is 5.59. The summed E-state index contributed by atoms with van der Waals surface area (Å²) in [6.07, 6.45) is 8.13. The summed E-state index contributed by atoms with van der Waals surface area (Å²) >= 11 is 0. The molecule has 3 atom stereocenters. The van der Waals surface area contributed by atoms with Gasteiger partial charge >= 0.3 is 0 Å². The van der Waals surface area contributed by atoms with E-state index in [-0.39, 0.29) is 10.7 Å². The van der Waals surface area contributed by atoms with Gasteiger partial charge in [-0.2, -0.15) is 0 Å². The highest BCUT2D eigenvalue weighted by molar-refractivity contribution is 7.92. The number of piperidine rings is 1. The van der Waals surface area contributed by atoms with Crippen molar-refractivity contribution in [1.29, 1.82) is 0 Å². The second-order valence-corrected chi connectivity index (χ2v) is 15.2. The molecule has 0 N–H and O–H groups in total. The van der Waals surface area contributed by atoms with Gasteiger partial charge in [0.1, 0.15) is 0 Å². The van der Waals surface area contributed by atoms with Crippen LogP contribution in [0.4, 0.5) is 5.69 Å². The first-order chi connectivity index (χ1) is 18.9. The van der Waals surface area contributed by atoms with Crippen LogP contribution in [0.3, 0.4) is 0 Å². The van der Waals surface area contributed by atoms with Crippen LogP contribution in [0.25, 0.3) is 0 Å². The van der Waals surface area contributed by atoms with Gasteiger partial charge in [0.05, 0.1) is 10.1 Å². The monoisotopic (exact) mass is 550 g/mol. The first-order valence-corrected chi connectivity index (χ1v) is 16.8. The van der Waals surface area contributed by atoms with Gasteiger partial charge in [-0.3, -0.25) is 0 Å². The number of hydrogen-bond donors (Lipinski definition) is 0. The Bertz CT molecular complexity index is 1200. The fourth-order valence-electron chi connectivity index (χ4n) is 8.18. The average molecular weight is 551 g/mol. The Morgan fingerprint density at radius 2 is 1.59 bits per heavy atom. The first-order valence-electron chi connectivity index (χ1n) is 15.3. The third kappa shape index (κ3) is 5.41. The van der Waals surface area contributed by atoms with Crippen LogP contribution in [0.5, 0.6) is 0 Å². The van der Waals surface area contributed by atoms with E-state index in [0.29, 0.717) is 28.6 Å². The predicted molar refractivity (Wildman–Crippen MR) is 158 cm³/mol. The van der Waals surface area contributed by atoms with Crippen molar-refractivity contribution in [3.8, 4) is 0 Å². The number of nitrogens with zero attached hydrogens (tertiary/aromatic N) is 2. The zero-order valence-electron chi connectivity index (χ0n) is 23.8. The molecule has 6 heteroatoms. The largest absolute Gasteiger partial charge is 0.384 e. The van der Waals surface area contributed by atoms with Gasteiger partial charge < -0.3 is 14.5 Å². The first kappa shape index (κ1) is 27.3. The number of ether oxygens (including phenoxy) is 1. The second kappa shape index (κ2) is 11.2. The molecule has 39 heavy (non-hydrogen) atoms. The molecule has 0 aromatic heterocycles. The SMILES string of the molecule is COC[C@@H]1CCC[C@H]1C(C)(c1ccccc1)C1CCN(CC2CN(c3ccc(S(=O)(=O)C4CC4)cc3)C2)CC1. The van der Waals surface area contributed by atoms with Crippen molar-refractivity contribution in [2.75, 3.05) is 51.3 Å². The van der Waals surface area contributed by atoms with E-state index in [9.17, 15) is 8.42 Å². The molecule has 212 valence electrons. The highest BCUT2D eigenvalue weighted by Crippen LogP contribution is 2.52. The number of likely N-dealkylation sites (tertiary alicyclic amines) is 1. The molecular formula is C33H46N2O3S. The molecule has 0 amide bonds. The Hall–Kier alpha value is -1.89. The third-order valence-electron chi connectivity index (χ3n) is 10.6. The van der Waals surface area contributed by atoms with Gasteiger partial charge in [0.15, 0.2) is 9.84 Å². The summed E-state index contributed by atoms with van der Waals surface area (Å²) in [7, 11) is -1.24. The predicted octanol–water partition coefficient (Wildman–Crippen LogP) is 5.79. The summed E-state index contributed by atoms with van der Waals surface area (Å²) in [6, 6.07) is 19.0. The molecule has 2 aromatic rings. The van der Waals surface area contributed by atoms with E-state index in [2.05, 4.69) is 47.1 Å². The highest BCUT2D eigenvalue weighted by atomic mass is 32.2. The number of anilines is 1. The average Bonchev–Trinajstić information content (AvgIpc) is 3.71. The van der Waals surface area contributed by atoms with Gasteiger partial charge in [0, 0.05) is 45.0 Å². The number of sulfone groups is 1. The van der Waals surface area contributed by atoms with Crippen molar-refractivity contribution in [1.82, 2.24) is 4.90 Å². The zero-order chi connectivity index (χ0) is 27.0. The third-order valence-corrected chi connectivity index (χ3v) is 12.9. The van der Waals surface area contributed by atoms with Crippen LogP contribution in [-0.2, 0) is 20.0 Å². The molecular weight excluding hydrogens is 504 g/mol. The van der Waals surface area contributed by atoms with Crippen molar-refractivity contribution < 1.29 is 13.2 Å². The molecule has 0 bridgehead atoms. The van der Waals surface area contributed by atoms with E-state index >= 15 is 0 Å². The maximum atomic E-state index is 12.5. The summed E-state index contributed by atoms with van der Waals surface area (Å²) in [5.74, 6) is 2.77. The van der Waals surface area contributed by atoms with Crippen LogP contribution in [0.15, 0.2) is 59.5 Å². The van der Waals surface area contributed by atoms with Gasteiger partial charge in [-0.15, -0.1) is 0 Å². The molecule has 6 rings (SSSR count). The Morgan fingerprint density at radius 3 is 2.23 bits per heavy atom. The molecule has 4 fully saturated rings. The van der Waals surface area contributed by atoms with Crippen LogP contribution in [0.1, 0.15) is 57.4 Å². The van der Waals surface area contributed by atoms with Crippen LogP contribution in [0, 0.1) is 23.7 Å². The Balaban J connectivity index is 1.04. The van der Waals surface area contributed by atoms with Crippen LogP contribution in [0.2, 0.25) is 0 Å². The number of benzene rings is 2. The van der Waals surface area contributed by atoms with Crippen molar-refractivity contribution in [3.63, 3.8) is 0 Å². The van der Waals surface area contributed by atoms with E-state index in [1.807, 2.05) is 31.4 Å². The lowest BCUT2D eigenvalue weighted by atomic mass is 9.58. The van der Waals surface area contributed by atoms with E-state index in [1.165, 1.54) is 57.3 Å². The Morgan fingerprint density at radius 1 is 0.897 bits per heavy atom. The van der Waals surface area contributed by atoms with E-state index in [4.69, 9.17) is 4.74 Å². The summed E-state index contributed by atoms with van der Waals surface area (Å²) in [5, 5.41) is -0.142. The Kier molecular flexibility index (Phi) is 7.82. The molecule has 2 heterocycles. The molecule has 0 radical (unpaired) electrons. The van der Waals surface area contributed by atoms with Gasteiger partial charge in [0.25, 0.3) is 0 Å². The van der Waals surface area contributed by atoms with Crippen molar-refractivity contribution in [3.05, 3.63) is 60.2 Å². The summed E-state index contributed by atoms with van der Waals surface area (Å²) in [5.41, 5.74) is 2.89. The van der Waals surface area contributed by atoms with Crippen LogP contribution < -0.4 is 4.90 Å². The fraction of sp³-hybridized carbons (Fsp3) is 0.636. The van der Waals surface area contributed by atoms with Crippen molar-refractivity contribution in [2.24, 2.45) is 23.7 Å². The van der Waals surface area contributed by atoms with Crippen molar-refractivity contribution >= 4 is 15.5 Å². The minimum atomic E-state index is -3.10. The normalized spacial score (nSPS) is 26.9. The van der Waals surface area contributed by atoms with Gasteiger partial charge in [-0.05, 0) is 105 Å². The lowest BCUT2D eigenvalue weighted by molar-refractivity contribution is 0.0481. The molecule has 1 unspecified atom stereocenters. The zero-order valence-corrected chi connectivity index (χ0v) is 24.6. The molecule has 2 aliphatic heterocycles. The summed E-state index contributed by atoms with van der Waals surface area (Å²) in [6.45, 7) is 9.16. The second-order valence-electron chi connectivity index (χ2n) is 13.0. The van der Waals surface area contributed by atoms with Gasteiger partial charge in [-0.25, -0.2) is 8.42 Å². The topological polar surface area (TPSA) is 49.9 Å². The smallest absolute Gasteiger partial charge is 0.181 e. The van der Waals surface area contributed by atoms with Crippen molar-refractivity contribution in [2.45, 2.75) is 67.4 Å². The lowest BCUT2D eigenvalue weighted by Crippen LogP contribution is -2.53. The Labute approximate surface area is 235 Å². The fourth-order valence-corrected chi connectivity index (χ4v) is 9.84.